The molecule has 14 heteroatoms. The Bertz CT molecular complexity index is 1830. The number of nitrogens with zero attached hydrogens (tertiary/aromatic N) is 4. The Kier molecular flexibility index (Phi) is 8.83. The van der Waals surface area contributed by atoms with Crippen LogP contribution in [0.4, 0.5) is 4.79 Å². The van der Waals surface area contributed by atoms with Gasteiger partial charge in [-0.25, -0.2) is 19.3 Å². The molecular formula is C37H46N6O8. The molecule has 4 fully saturated rings. The van der Waals surface area contributed by atoms with Gasteiger partial charge in [-0.1, -0.05) is 34.1 Å². The van der Waals surface area contributed by atoms with E-state index < -0.39 is 53.0 Å². The molecule has 8 atom stereocenters. The number of alkyl carbamates (subject to hydrolysis) is 1. The zero-order valence-electron chi connectivity index (χ0n) is 29.6. The second-order valence-corrected chi connectivity index (χ2v) is 15.6. The molecule has 0 spiro atoms. The zero-order chi connectivity index (χ0) is 36.2. The molecule has 3 heterocycles. The van der Waals surface area contributed by atoms with Gasteiger partial charge in [0.25, 0.3) is 0 Å². The van der Waals surface area contributed by atoms with E-state index in [1.807, 2.05) is 33.8 Å². The molecule has 3 aromatic rings. The molecule has 3 N–H and O–H groups in total. The Balaban J connectivity index is 1.18. The highest BCUT2D eigenvalue weighted by Crippen LogP contribution is 2.52. The number of nitrogens with one attached hydrogen (secondary N) is 2. The van der Waals surface area contributed by atoms with E-state index in [2.05, 4.69) is 15.7 Å². The molecule has 7 rings (SSSR count). The first-order valence-electron chi connectivity index (χ1n) is 17.8. The monoisotopic (exact) mass is 702 g/mol. The van der Waals surface area contributed by atoms with Crippen LogP contribution in [0, 0.1) is 23.2 Å². The van der Waals surface area contributed by atoms with Gasteiger partial charge in [0.1, 0.15) is 41.3 Å². The quantitative estimate of drug-likeness (QED) is 0.264. The summed E-state index contributed by atoms with van der Waals surface area (Å²) in [6.45, 7) is 7.41. The molecule has 3 amide bonds. The van der Waals surface area contributed by atoms with Crippen LogP contribution in [-0.4, -0.2) is 92.1 Å². The van der Waals surface area contributed by atoms with E-state index in [0.29, 0.717) is 52.9 Å². The molecule has 1 saturated heterocycles. The standard InChI is InChI=1S/C37H46N6O8/c1-6-22-18-37(22,34(46)47)41-32(44)28-16-25(50-29-17-30(43-11-7-10-38-43)39-27-15-23(49-5)8-9-26(27)29)19-42(28)33(45)31(36(2,3)4)40-35(48)51-24-13-20-12-21(20)14-24/h7-11,15,17,20-22,24-25,28,31H,6,12-14,16,18-19H2,1-5H3,(H,40,48)(H,41,44)(H,46,47)/t20-,21+,22?,24+,25?,28-,31+,37+/m0/s1. The third kappa shape index (κ3) is 6.79. The number of carboxylic acid groups (broad SMARTS) is 1. The average molecular weight is 703 g/mol. The van der Waals surface area contributed by atoms with E-state index in [0.717, 1.165) is 12.8 Å². The third-order valence-electron chi connectivity index (χ3n) is 11.0. The van der Waals surface area contributed by atoms with Crippen molar-refractivity contribution in [3.8, 4) is 17.3 Å². The van der Waals surface area contributed by atoms with Crippen molar-refractivity contribution in [1.82, 2.24) is 30.3 Å². The predicted octanol–water partition coefficient (Wildman–Crippen LogP) is 4.09. The summed E-state index contributed by atoms with van der Waals surface area (Å²) >= 11 is 0. The van der Waals surface area contributed by atoms with E-state index in [9.17, 15) is 24.3 Å². The first-order valence-corrected chi connectivity index (χ1v) is 17.8. The van der Waals surface area contributed by atoms with Crippen LogP contribution >= 0.6 is 0 Å². The van der Waals surface area contributed by atoms with Crippen LogP contribution in [0.1, 0.15) is 66.2 Å². The number of aliphatic carboxylic acids is 1. The summed E-state index contributed by atoms with van der Waals surface area (Å²) in [4.78, 5) is 60.3. The summed E-state index contributed by atoms with van der Waals surface area (Å²) in [5.41, 5.74) is -1.54. The fourth-order valence-electron chi connectivity index (χ4n) is 7.93. The highest BCUT2D eigenvalue weighted by atomic mass is 16.6. The number of hydrogen-bond donors (Lipinski definition) is 3. The van der Waals surface area contributed by atoms with Crippen LogP contribution in [0.2, 0.25) is 0 Å². The average Bonchev–Trinajstić information content (AvgIpc) is 3.70. The number of fused-ring (bicyclic) bond motifs is 2. The number of aromatic nitrogens is 3. The van der Waals surface area contributed by atoms with E-state index in [1.54, 1.807) is 48.5 Å². The van der Waals surface area contributed by atoms with Gasteiger partial charge in [0.15, 0.2) is 5.82 Å². The molecule has 0 bridgehead atoms. The Hall–Kier alpha value is -4.88. The molecule has 2 unspecified atom stereocenters. The highest BCUT2D eigenvalue weighted by Gasteiger charge is 2.61. The number of carbonyl (C=O) groups excluding carboxylic acids is 3. The Morgan fingerprint density at radius 3 is 2.47 bits per heavy atom. The lowest BCUT2D eigenvalue weighted by atomic mass is 9.85. The van der Waals surface area contributed by atoms with Crippen LogP contribution in [0.15, 0.2) is 42.7 Å². The van der Waals surface area contributed by atoms with Crippen molar-refractivity contribution in [3.63, 3.8) is 0 Å². The van der Waals surface area contributed by atoms with Gasteiger partial charge in [0.2, 0.25) is 11.8 Å². The number of amides is 3. The minimum Gasteiger partial charge on any atom is -0.497 e. The molecule has 1 aromatic carbocycles. The molecule has 14 nitrogen and oxygen atoms in total. The van der Waals surface area contributed by atoms with Gasteiger partial charge in [-0.2, -0.15) is 5.10 Å². The fraction of sp³-hybridized carbons (Fsp3) is 0.568. The number of methoxy groups -OCH3 is 1. The van der Waals surface area contributed by atoms with Crippen molar-refractivity contribution in [2.45, 2.75) is 96.1 Å². The van der Waals surface area contributed by atoms with Crippen LogP contribution in [0.5, 0.6) is 11.5 Å². The third-order valence-corrected chi connectivity index (χ3v) is 11.0. The van der Waals surface area contributed by atoms with Gasteiger partial charge >= 0.3 is 12.1 Å². The molecule has 2 aromatic heterocycles. The van der Waals surface area contributed by atoms with Crippen LogP contribution in [-0.2, 0) is 19.1 Å². The maximum atomic E-state index is 14.5. The second-order valence-electron chi connectivity index (χ2n) is 15.6. The normalized spacial score (nSPS) is 28.5. The van der Waals surface area contributed by atoms with E-state index in [-0.39, 0.29) is 25.0 Å². The molecule has 4 aliphatic rings. The molecular weight excluding hydrogens is 656 g/mol. The number of rotatable bonds is 11. The summed E-state index contributed by atoms with van der Waals surface area (Å²) in [6, 6.07) is 6.85. The summed E-state index contributed by atoms with van der Waals surface area (Å²) in [7, 11) is 1.57. The fourth-order valence-corrected chi connectivity index (χ4v) is 7.93. The van der Waals surface area contributed by atoms with Crippen molar-refractivity contribution in [3.05, 3.63) is 42.7 Å². The highest BCUT2D eigenvalue weighted by molar-refractivity contribution is 5.96. The van der Waals surface area contributed by atoms with Crippen molar-refractivity contribution in [2.24, 2.45) is 23.2 Å². The minimum atomic E-state index is -1.38. The molecule has 1 aliphatic heterocycles. The number of benzene rings is 1. The smallest absolute Gasteiger partial charge is 0.408 e. The van der Waals surface area contributed by atoms with E-state index >= 15 is 0 Å². The molecule has 0 radical (unpaired) electrons. The Morgan fingerprint density at radius 2 is 1.84 bits per heavy atom. The van der Waals surface area contributed by atoms with Gasteiger partial charge in [-0.15, -0.1) is 0 Å². The van der Waals surface area contributed by atoms with Gasteiger partial charge in [0, 0.05) is 36.3 Å². The van der Waals surface area contributed by atoms with Gasteiger partial charge < -0.3 is 34.9 Å². The molecule has 3 saturated carbocycles. The second kappa shape index (κ2) is 13.0. The number of carboxylic acids is 1. The SMILES string of the molecule is CCC1C[C@]1(NC(=O)[C@@H]1CC(Oc2cc(-n3cccn3)nc3cc(OC)ccc23)CN1C(=O)[C@@H](NC(=O)O[C@@H]1C[C@@H]2C[C@@H]2C1)C(C)(C)C)C(=O)O. The topological polar surface area (TPSA) is 174 Å². The number of ether oxygens (including phenoxy) is 3. The van der Waals surface area contributed by atoms with Crippen LogP contribution in [0.25, 0.3) is 16.7 Å². The van der Waals surface area contributed by atoms with Gasteiger partial charge in [0.05, 0.1) is 19.2 Å². The number of pyridine rings is 1. The maximum absolute atomic E-state index is 14.5. The van der Waals surface area contributed by atoms with Crippen molar-refractivity contribution >= 4 is 34.8 Å². The largest absolute Gasteiger partial charge is 0.497 e. The molecule has 3 aliphatic carbocycles. The Labute approximate surface area is 296 Å². The summed E-state index contributed by atoms with van der Waals surface area (Å²) < 4.78 is 19.4. The lowest BCUT2D eigenvalue weighted by Crippen LogP contribution is -2.59. The summed E-state index contributed by atoms with van der Waals surface area (Å²) in [6.07, 6.45) is 5.74. The predicted molar refractivity (Wildman–Crippen MR) is 184 cm³/mol. The number of carbonyl (C=O) groups is 4. The number of likely N-dealkylation sites (tertiary alicyclic amines) is 1. The van der Waals surface area contributed by atoms with E-state index in [4.69, 9.17) is 19.2 Å². The van der Waals surface area contributed by atoms with Crippen molar-refractivity contribution in [2.75, 3.05) is 13.7 Å². The summed E-state index contributed by atoms with van der Waals surface area (Å²) in [5.74, 6) is 0.437. The van der Waals surface area contributed by atoms with Gasteiger partial charge in [-0.3, -0.25) is 9.59 Å². The molecule has 51 heavy (non-hydrogen) atoms. The van der Waals surface area contributed by atoms with Crippen LogP contribution < -0.4 is 20.1 Å². The maximum Gasteiger partial charge on any atom is 0.408 e. The lowest BCUT2D eigenvalue weighted by molar-refractivity contribution is -0.146. The van der Waals surface area contributed by atoms with Gasteiger partial charge in [-0.05, 0) is 67.1 Å². The Morgan fingerprint density at radius 1 is 1.08 bits per heavy atom. The lowest BCUT2D eigenvalue weighted by Gasteiger charge is -2.35. The van der Waals surface area contributed by atoms with E-state index in [1.165, 1.54) is 11.3 Å². The van der Waals surface area contributed by atoms with Crippen molar-refractivity contribution < 1.29 is 38.5 Å². The first-order chi connectivity index (χ1) is 24.3. The first kappa shape index (κ1) is 34.6. The van der Waals surface area contributed by atoms with Crippen molar-refractivity contribution in [1.29, 1.82) is 0 Å². The summed E-state index contributed by atoms with van der Waals surface area (Å²) in [5, 5.41) is 20.7. The molecule has 272 valence electrons. The van der Waals surface area contributed by atoms with Crippen LogP contribution in [0.3, 0.4) is 0 Å². The number of hydrogen-bond acceptors (Lipinski definition) is 9. The minimum absolute atomic E-state index is 0.0144. The zero-order valence-corrected chi connectivity index (χ0v) is 29.6.